The number of hydrogen-bond donors (Lipinski definition) is 8. The Morgan fingerprint density at radius 3 is 1.51 bits per heavy atom. The van der Waals surface area contributed by atoms with Crippen molar-refractivity contribution in [2.45, 2.75) is 40.6 Å². The zero-order valence-corrected chi connectivity index (χ0v) is 52.1. The molecule has 0 saturated carbocycles. The van der Waals surface area contributed by atoms with E-state index in [0.29, 0.717) is 75.2 Å². The number of carbonyl (C=O) groups is 1. The number of halogens is 6. The van der Waals surface area contributed by atoms with Gasteiger partial charge in [0.1, 0.15) is 28.5 Å². The second-order valence-electron chi connectivity index (χ2n) is 16.2. The average Bonchev–Trinajstić information content (AvgIpc) is 4.05. The van der Waals surface area contributed by atoms with Crippen molar-refractivity contribution in [3.8, 4) is 39.8 Å². The normalized spacial score (nSPS) is 10.2. The topological polar surface area (TPSA) is 273 Å². The molecule has 0 spiro atoms. The number of aliphatic hydroxyl groups excluding tert-OH is 3. The number of benzene rings is 4. The Hall–Kier alpha value is -4.16. The van der Waals surface area contributed by atoms with E-state index in [1.54, 1.807) is 44.6 Å². The summed E-state index contributed by atoms with van der Waals surface area (Å²) in [6.07, 6.45) is 7.78. The number of fused-ring (bicyclic) bond motifs is 2. The fourth-order valence-electron chi connectivity index (χ4n) is 6.97. The van der Waals surface area contributed by atoms with Gasteiger partial charge in [-0.2, -0.15) is 0 Å². The van der Waals surface area contributed by atoms with Crippen LogP contribution in [0.25, 0.3) is 33.8 Å². The molecule has 25 heteroatoms. The SMILES string of the molecule is COc1cc(CO)c(-c2cn3cc(Br)c(C)cc3n2)cc1Cl.COc1cc(CO)c(-c2cn3cc(NCCN)c(C)cc3n2)cc1Cl.COc1cc(CO)c(Cl)cc1C(=O)CBr.Cc1cc(N)ccc1Br.NCCN.[Cu].[O]=[Cu]. The van der Waals surface area contributed by atoms with Crippen LogP contribution in [0.2, 0.25) is 15.1 Å². The van der Waals surface area contributed by atoms with Gasteiger partial charge in [-0.25, -0.2) is 9.97 Å². The number of hydrogen-bond acceptors (Lipinski definition) is 15. The van der Waals surface area contributed by atoms with Crippen molar-refractivity contribution in [3.05, 3.63) is 154 Å². The zero-order chi connectivity index (χ0) is 57.5. The first-order chi connectivity index (χ1) is 36.8. The standard InChI is InChI=1S/C18H21ClN4O2.C16H14BrClN2O2.C10H10BrClO3.C7H8BrN.C2H8N2.2Cu.O/c1-11-5-18-22-16(9-23(18)8-15(11)21-4-3-20)13-7-14(19)17(25-2)6-12(13)10-24;1-9-3-16-19-14(7-20(16)6-12(9)17)11-5-13(18)15(22-2)4-10(11)8-21;1-15-10-2-6(5-13)8(12)3-7(10)9(14)4-11;1-5-4-6(9)2-3-7(5)8;3-1-2-4;;;/h5-9,21,24H,3-4,10,20H2,1-2H3;3-7,21H,8H2,1-2H3;2-3,13H,4-5H2,1H3;2-4H,9H2,1H3;1-4H2;;;. The number of nitrogens with one attached hydrogen (secondary N) is 1. The molecule has 78 heavy (non-hydrogen) atoms. The van der Waals surface area contributed by atoms with E-state index >= 15 is 0 Å². The fraction of sp³-hybridized carbons (Fsp3) is 0.264. The van der Waals surface area contributed by atoms with Gasteiger partial charge in [-0.15, -0.1) is 0 Å². The Morgan fingerprint density at radius 2 is 1.09 bits per heavy atom. The number of ketones is 1. The number of carbonyl (C=O) groups excluding carboxylic acids is 1. The number of aliphatic hydroxyl groups is 3. The number of rotatable bonds is 14. The number of imidazole rings is 2. The van der Waals surface area contributed by atoms with Gasteiger partial charge in [-0.3, -0.25) is 4.79 Å². The number of alkyl halides is 1. The van der Waals surface area contributed by atoms with Crippen molar-refractivity contribution >= 4 is 111 Å². The summed E-state index contributed by atoms with van der Waals surface area (Å²) in [5.41, 5.74) is 33.2. The van der Waals surface area contributed by atoms with Crippen molar-refractivity contribution in [1.82, 2.24) is 18.8 Å². The molecule has 0 amide bonds. The van der Waals surface area contributed by atoms with Crippen LogP contribution in [0, 0.1) is 20.8 Å². The minimum atomic E-state index is -0.183. The summed E-state index contributed by atoms with van der Waals surface area (Å²) in [5, 5.41) is 33.1. The molecule has 1 radical (unpaired) electrons. The number of ether oxygens (including phenoxy) is 3. The molecule has 8 rings (SSSR count). The molecule has 4 aromatic heterocycles. The monoisotopic (exact) mass is 1420 g/mol. The summed E-state index contributed by atoms with van der Waals surface area (Å²) in [6, 6.07) is 19.9. The Kier molecular flexibility index (Phi) is 31.9. The van der Waals surface area contributed by atoms with Gasteiger partial charge >= 0.3 is 19.8 Å². The van der Waals surface area contributed by atoms with Crippen molar-refractivity contribution in [1.29, 1.82) is 0 Å². The number of aryl methyl sites for hydroxylation is 3. The summed E-state index contributed by atoms with van der Waals surface area (Å²) < 4.78 is 29.3. The summed E-state index contributed by atoms with van der Waals surface area (Å²) in [7, 11) is 4.56. The molecule has 0 atom stereocenters. The Morgan fingerprint density at radius 1 is 0.628 bits per heavy atom. The van der Waals surface area contributed by atoms with Gasteiger partial charge in [-0.1, -0.05) is 66.7 Å². The van der Waals surface area contributed by atoms with E-state index in [2.05, 4.69) is 79.0 Å². The maximum atomic E-state index is 11.5. The quantitative estimate of drug-likeness (QED) is 0.0218. The number of methoxy groups -OCH3 is 3. The van der Waals surface area contributed by atoms with Gasteiger partial charge in [0.2, 0.25) is 0 Å². The third-order valence-corrected chi connectivity index (χ3v) is 14.1. The van der Waals surface area contributed by atoms with Crippen LogP contribution >= 0.6 is 82.6 Å². The van der Waals surface area contributed by atoms with Crippen LogP contribution in [-0.4, -0.2) is 92.7 Å². The number of nitrogens with two attached hydrogens (primary N) is 4. The molecule has 0 aliphatic carbocycles. The van der Waals surface area contributed by atoms with Crippen LogP contribution in [0.15, 0.2) is 100 Å². The number of aromatic nitrogens is 4. The van der Waals surface area contributed by atoms with Gasteiger partial charge < -0.3 is 66.6 Å². The van der Waals surface area contributed by atoms with Gasteiger partial charge in [0.05, 0.1) is 79.2 Å². The van der Waals surface area contributed by atoms with Crippen LogP contribution in [0.5, 0.6) is 17.2 Å². The number of pyridine rings is 2. The van der Waals surface area contributed by atoms with Gasteiger partial charge in [0.15, 0.2) is 5.78 Å². The maximum absolute atomic E-state index is 11.5. The minimum absolute atomic E-state index is 0. The summed E-state index contributed by atoms with van der Waals surface area (Å²) in [6.45, 7) is 8.10. The van der Waals surface area contributed by atoms with E-state index in [-0.39, 0.29) is 48.0 Å². The second-order valence-corrected chi connectivity index (χ2v) is 19.7. The molecule has 4 heterocycles. The van der Waals surface area contributed by atoms with Crippen LogP contribution in [0.3, 0.4) is 0 Å². The van der Waals surface area contributed by atoms with Crippen LogP contribution < -0.4 is 42.5 Å². The number of nitrogens with zero attached hydrogens (tertiary/aromatic N) is 4. The first-order valence-electron chi connectivity index (χ1n) is 23.0. The Bertz CT molecular complexity index is 3190. The molecule has 0 saturated heterocycles. The molecular formula is C53H61Br3Cl3Cu2N9O8. The predicted octanol–water partition coefficient (Wildman–Crippen LogP) is 10.6. The van der Waals surface area contributed by atoms with Gasteiger partial charge in [0.25, 0.3) is 0 Å². The van der Waals surface area contributed by atoms with E-state index in [1.165, 1.54) is 18.7 Å². The molecule has 0 bridgehead atoms. The number of nitrogen functional groups attached to an aromatic ring is 1. The molecular weight excluding hydrogens is 1360 g/mol. The first kappa shape index (κ1) is 69.9. The van der Waals surface area contributed by atoms with E-state index in [9.17, 15) is 15.0 Å². The summed E-state index contributed by atoms with van der Waals surface area (Å²) in [4.78, 5) is 20.8. The van der Waals surface area contributed by atoms with Crippen molar-refractivity contribution in [2.24, 2.45) is 17.2 Å². The van der Waals surface area contributed by atoms with E-state index in [4.69, 9.17) is 80.9 Å². The molecule has 0 aliphatic rings. The van der Waals surface area contributed by atoms with E-state index in [1.807, 2.05) is 84.7 Å². The number of anilines is 2. The van der Waals surface area contributed by atoms with Crippen LogP contribution in [0.4, 0.5) is 11.4 Å². The Balaban J connectivity index is 0.000000358. The summed E-state index contributed by atoms with van der Waals surface area (Å²) in [5.74, 6) is 1.38. The molecule has 0 unspecified atom stereocenters. The molecule has 0 fully saturated rings. The van der Waals surface area contributed by atoms with Crippen molar-refractivity contribution in [2.75, 3.05) is 63.9 Å². The molecule has 4 aromatic carbocycles. The predicted molar refractivity (Wildman–Crippen MR) is 315 cm³/mol. The summed E-state index contributed by atoms with van der Waals surface area (Å²) >= 11 is 31.2. The van der Waals surface area contributed by atoms with Gasteiger partial charge in [-0.05, 0) is 137 Å². The third-order valence-electron chi connectivity index (χ3n) is 11.0. The third kappa shape index (κ3) is 19.5. The molecule has 17 nitrogen and oxygen atoms in total. The zero-order valence-electron chi connectivity index (χ0n) is 43.2. The number of Topliss-reactive ketones (excluding diaryl/α,β-unsaturated/α-hetero) is 1. The van der Waals surface area contributed by atoms with Crippen molar-refractivity contribution < 1.29 is 71.2 Å². The molecule has 12 N–H and O–H groups in total. The first-order valence-corrected chi connectivity index (χ1v) is 27.2. The Labute approximate surface area is 512 Å². The average molecular weight is 1430 g/mol. The molecule has 430 valence electrons. The van der Waals surface area contributed by atoms with Gasteiger partial charge in [0, 0.05) is 98.8 Å². The van der Waals surface area contributed by atoms with E-state index < -0.39 is 0 Å². The van der Waals surface area contributed by atoms with Crippen molar-refractivity contribution in [3.63, 3.8) is 0 Å². The molecule has 0 aliphatic heterocycles. The van der Waals surface area contributed by atoms with Crippen LogP contribution in [-0.2, 0) is 56.7 Å². The second kappa shape index (κ2) is 35.5. The van der Waals surface area contributed by atoms with E-state index in [0.717, 1.165) is 70.8 Å². The fourth-order valence-corrected chi connectivity index (χ4v) is 8.56. The van der Waals surface area contributed by atoms with Crippen LogP contribution in [0.1, 0.15) is 43.7 Å². The molecule has 8 aromatic rings.